The summed E-state index contributed by atoms with van der Waals surface area (Å²) in [6.07, 6.45) is 1.69. The molecule has 2 rings (SSSR count). The van der Waals surface area contributed by atoms with E-state index in [1.54, 1.807) is 6.26 Å². The third-order valence-corrected chi connectivity index (χ3v) is 4.20. The number of para-hydroxylation sites is 1. The molecule has 0 bridgehead atoms. The van der Waals surface area contributed by atoms with Crippen molar-refractivity contribution >= 4 is 5.91 Å². The molecule has 0 spiro atoms. The van der Waals surface area contributed by atoms with Gasteiger partial charge in [-0.3, -0.25) is 9.69 Å². The standard InChI is InChI=1S/C19H26N2O3/c1-14(2)15(3)21(12-17-8-6-10-23-17)11-16-7-4-5-9-18(16)24-13-19(20)22/h4-10,14-15H,11-13H2,1-3H3,(H2,20,22). The molecule has 1 heterocycles. The highest BCUT2D eigenvalue weighted by molar-refractivity contribution is 5.75. The fourth-order valence-electron chi connectivity index (χ4n) is 2.51. The number of rotatable bonds is 9. The van der Waals surface area contributed by atoms with Crippen LogP contribution in [-0.4, -0.2) is 23.5 Å². The summed E-state index contributed by atoms with van der Waals surface area (Å²) in [6.45, 7) is 7.92. The van der Waals surface area contributed by atoms with E-state index in [-0.39, 0.29) is 6.61 Å². The van der Waals surface area contributed by atoms with Crippen molar-refractivity contribution in [1.29, 1.82) is 0 Å². The molecule has 0 fully saturated rings. The van der Waals surface area contributed by atoms with Gasteiger partial charge in [-0.15, -0.1) is 0 Å². The molecule has 2 aromatic rings. The summed E-state index contributed by atoms with van der Waals surface area (Å²) in [6, 6.07) is 12.0. The Labute approximate surface area is 143 Å². The van der Waals surface area contributed by atoms with E-state index < -0.39 is 5.91 Å². The van der Waals surface area contributed by atoms with Crippen LogP contribution < -0.4 is 10.5 Å². The fraction of sp³-hybridized carbons (Fsp3) is 0.421. The molecular weight excluding hydrogens is 304 g/mol. The van der Waals surface area contributed by atoms with Crippen molar-refractivity contribution in [2.45, 2.75) is 39.9 Å². The Morgan fingerprint density at radius 2 is 1.92 bits per heavy atom. The highest BCUT2D eigenvalue weighted by Crippen LogP contribution is 2.24. The zero-order chi connectivity index (χ0) is 17.5. The molecule has 1 aromatic carbocycles. The van der Waals surface area contributed by atoms with Gasteiger partial charge in [-0.2, -0.15) is 0 Å². The maximum Gasteiger partial charge on any atom is 0.255 e. The number of nitrogens with two attached hydrogens (primary N) is 1. The summed E-state index contributed by atoms with van der Waals surface area (Å²) in [5, 5.41) is 0. The van der Waals surface area contributed by atoms with Gasteiger partial charge in [0.1, 0.15) is 11.5 Å². The number of nitrogens with zero attached hydrogens (tertiary/aromatic N) is 1. The lowest BCUT2D eigenvalue weighted by Crippen LogP contribution is -2.35. The van der Waals surface area contributed by atoms with Crippen molar-refractivity contribution in [2.24, 2.45) is 11.7 Å². The smallest absolute Gasteiger partial charge is 0.255 e. The maximum atomic E-state index is 11.0. The van der Waals surface area contributed by atoms with Crippen LogP contribution in [0.3, 0.4) is 0 Å². The molecule has 0 aliphatic carbocycles. The maximum absolute atomic E-state index is 11.0. The van der Waals surface area contributed by atoms with Crippen molar-refractivity contribution in [3.63, 3.8) is 0 Å². The summed E-state index contributed by atoms with van der Waals surface area (Å²) in [7, 11) is 0. The zero-order valence-corrected chi connectivity index (χ0v) is 14.6. The van der Waals surface area contributed by atoms with E-state index in [4.69, 9.17) is 14.9 Å². The van der Waals surface area contributed by atoms with Gasteiger partial charge in [0, 0.05) is 18.2 Å². The van der Waals surface area contributed by atoms with Crippen LogP contribution in [0, 0.1) is 5.92 Å². The van der Waals surface area contributed by atoms with Crippen molar-refractivity contribution in [3.8, 4) is 5.75 Å². The monoisotopic (exact) mass is 330 g/mol. The molecule has 0 radical (unpaired) electrons. The Morgan fingerprint density at radius 3 is 2.54 bits per heavy atom. The molecule has 130 valence electrons. The van der Waals surface area contributed by atoms with E-state index >= 15 is 0 Å². The topological polar surface area (TPSA) is 68.7 Å². The minimum atomic E-state index is -0.479. The number of carbonyl (C=O) groups is 1. The molecule has 5 nitrogen and oxygen atoms in total. The normalized spacial score (nSPS) is 12.5. The summed E-state index contributed by atoms with van der Waals surface area (Å²) in [5.74, 6) is 1.64. The minimum Gasteiger partial charge on any atom is -0.483 e. The molecule has 0 saturated carbocycles. The molecule has 1 aromatic heterocycles. The van der Waals surface area contributed by atoms with Crippen LogP contribution in [0.5, 0.6) is 5.75 Å². The molecular formula is C19H26N2O3. The third kappa shape index (κ3) is 5.13. The number of hydrogen-bond acceptors (Lipinski definition) is 4. The molecule has 24 heavy (non-hydrogen) atoms. The predicted molar refractivity (Wildman–Crippen MR) is 93.4 cm³/mol. The van der Waals surface area contributed by atoms with E-state index in [0.717, 1.165) is 17.9 Å². The second kappa shape index (κ2) is 8.55. The summed E-state index contributed by atoms with van der Waals surface area (Å²) in [4.78, 5) is 13.3. The molecule has 2 N–H and O–H groups in total. The Kier molecular flexibility index (Phi) is 6.44. The van der Waals surface area contributed by atoms with Gasteiger partial charge < -0.3 is 14.9 Å². The van der Waals surface area contributed by atoms with Crippen LogP contribution in [0.2, 0.25) is 0 Å². The van der Waals surface area contributed by atoms with Gasteiger partial charge in [-0.25, -0.2) is 0 Å². The van der Waals surface area contributed by atoms with Crippen LogP contribution in [0.1, 0.15) is 32.1 Å². The van der Waals surface area contributed by atoms with E-state index in [1.807, 2.05) is 36.4 Å². The van der Waals surface area contributed by atoms with Crippen LogP contribution in [0.25, 0.3) is 0 Å². The first-order valence-corrected chi connectivity index (χ1v) is 8.22. The Morgan fingerprint density at radius 1 is 1.17 bits per heavy atom. The highest BCUT2D eigenvalue weighted by atomic mass is 16.5. The number of carbonyl (C=O) groups excluding carboxylic acids is 1. The van der Waals surface area contributed by atoms with Gasteiger partial charge in [0.2, 0.25) is 0 Å². The molecule has 1 amide bonds. The summed E-state index contributed by atoms with van der Waals surface area (Å²) in [5.41, 5.74) is 6.21. The minimum absolute atomic E-state index is 0.116. The quantitative estimate of drug-likeness (QED) is 0.766. The van der Waals surface area contributed by atoms with Crippen molar-refractivity contribution in [1.82, 2.24) is 4.90 Å². The second-order valence-electron chi connectivity index (χ2n) is 6.33. The van der Waals surface area contributed by atoms with Crippen LogP contribution in [-0.2, 0) is 17.9 Å². The number of amides is 1. The lowest BCUT2D eigenvalue weighted by molar-refractivity contribution is -0.119. The first kappa shape index (κ1) is 18.1. The Hall–Kier alpha value is -2.27. The van der Waals surface area contributed by atoms with Gasteiger partial charge >= 0.3 is 0 Å². The van der Waals surface area contributed by atoms with E-state index in [2.05, 4.69) is 25.7 Å². The lowest BCUT2D eigenvalue weighted by Gasteiger charge is -2.31. The summed E-state index contributed by atoms with van der Waals surface area (Å²) < 4.78 is 11.1. The highest BCUT2D eigenvalue weighted by Gasteiger charge is 2.20. The van der Waals surface area contributed by atoms with Crippen LogP contribution in [0.4, 0.5) is 0 Å². The SMILES string of the molecule is CC(C)C(C)N(Cc1ccco1)Cc1ccccc1OCC(N)=O. The molecule has 1 unspecified atom stereocenters. The number of hydrogen-bond donors (Lipinski definition) is 1. The van der Waals surface area contributed by atoms with Gasteiger partial charge in [0.25, 0.3) is 5.91 Å². The van der Waals surface area contributed by atoms with Crippen molar-refractivity contribution < 1.29 is 13.9 Å². The lowest BCUT2D eigenvalue weighted by atomic mass is 10.0. The van der Waals surface area contributed by atoms with Crippen molar-refractivity contribution in [2.75, 3.05) is 6.61 Å². The Balaban J connectivity index is 2.17. The largest absolute Gasteiger partial charge is 0.483 e. The average molecular weight is 330 g/mol. The van der Waals surface area contributed by atoms with Crippen LogP contribution >= 0.6 is 0 Å². The molecule has 0 aliphatic heterocycles. The predicted octanol–water partition coefficient (Wildman–Crippen LogP) is 3.19. The molecule has 1 atom stereocenters. The van der Waals surface area contributed by atoms with E-state index in [0.29, 0.717) is 24.3 Å². The van der Waals surface area contributed by atoms with E-state index in [9.17, 15) is 4.79 Å². The second-order valence-corrected chi connectivity index (χ2v) is 6.33. The van der Waals surface area contributed by atoms with Gasteiger partial charge in [0.15, 0.2) is 6.61 Å². The molecule has 0 aliphatic rings. The molecule has 5 heteroatoms. The number of benzene rings is 1. The van der Waals surface area contributed by atoms with Gasteiger partial charge in [0.05, 0.1) is 12.8 Å². The number of furan rings is 1. The molecule has 0 saturated heterocycles. The van der Waals surface area contributed by atoms with E-state index in [1.165, 1.54) is 0 Å². The van der Waals surface area contributed by atoms with Gasteiger partial charge in [-0.1, -0.05) is 32.0 Å². The zero-order valence-electron chi connectivity index (χ0n) is 14.6. The van der Waals surface area contributed by atoms with Gasteiger partial charge in [-0.05, 0) is 31.0 Å². The first-order chi connectivity index (χ1) is 11.5. The Bertz CT molecular complexity index is 638. The fourth-order valence-corrected chi connectivity index (χ4v) is 2.51. The first-order valence-electron chi connectivity index (χ1n) is 8.22. The number of primary amides is 1. The number of ether oxygens (including phenoxy) is 1. The summed E-state index contributed by atoms with van der Waals surface area (Å²) >= 11 is 0. The van der Waals surface area contributed by atoms with Crippen LogP contribution in [0.15, 0.2) is 47.1 Å². The average Bonchev–Trinajstić information content (AvgIpc) is 3.05. The third-order valence-electron chi connectivity index (χ3n) is 4.20. The van der Waals surface area contributed by atoms with Crippen molar-refractivity contribution in [3.05, 3.63) is 54.0 Å².